The molecule has 1 saturated carbocycles. The zero-order chi connectivity index (χ0) is 18.4. The summed E-state index contributed by atoms with van der Waals surface area (Å²) in [5.41, 5.74) is 1.19. The maximum absolute atomic E-state index is 13.2. The van der Waals surface area contributed by atoms with Crippen molar-refractivity contribution in [2.24, 2.45) is 5.92 Å². The lowest BCUT2D eigenvalue weighted by Gasteiger charge is -2.35. The molecule has 26 heavy (non-hydrogen) atoms. The van der Waals surface area contributed by atoms with Crippen LogP contribution in [0, 0.1) is 5.92 Å². The second-order valence-corrected chi connectivity index (χ2v) is 7.13. The zero-order valence-corrected chi connectivity index (χ0v) is 15.0. The van der Waals surface area contributed by atoms with Crippen molar-refractivity contribution < 1.29 is 24.2 Å². The highest BCUT2D eigenvalue weighted by atomic mass is 16.5. The Kier molecular flexibility index (Phi) is 4.13. The van der Waals surface area contributed by atoms with E-state index in [1.165, 1.54) is 6.07 Å². The number of hydrogen-bond acceptors (Lipinski definition) is 5. The minimum atomic E-state index is -0.507. The van der Waals surface area contributed by atoms with Gasteiger partial charge in [-0.25, -0.2) is 0 Å². The lowest BCUT2D eigenvalue weighted by atomic mass is 9.77. The molecule has 1 N–H and O–H groups in total. The predicted molar refractivity (Wildman–Crippen MR) is 93.7 cm³/mol. The number of hydrogen-bond donors (Lipinski definition) is 1. The van der Waals surface area contributed by atoms with Crippen molar-refractivity contribution in [2.45, 2.75) is 44.8 Å². The molecule has 3 atom stereocenters. The van der Waals surface area contributed by atoms with Gasteiger partial charge in [0.05, 0.1) is 24.1 Å². The van der Waals surface area contributed by atoms with E-state index in [9.17, 15) is 14.7 Å². The smallest absolute Gasteiger partial charge is 0.289 e. The number of Topliss-reactive ketones (excluding diaryl/α,β-unsaturated/α-hetero) is 1. The van der Waals surface area contributed by atoms with E-state index >= 15 is 0 Å². The topological polar surface area (TPSA) is 76.1 Å². The van der Waals surface area contributed by atoms with Crippen LogP contribution in [0.4, 0.5) is 0 Å². The molecule has 138 valence electrons. The van der Waals surface area contributed by atoms with Crippen LogP contribution in [-0.4, -0.2) is 41.5 Å². The van der Waals surface area contributed by atoms with Crippen molar-refractivity contribution >= 4 is 11.7 Å². The summed E-state index contributed by atoms with van der Waals surface area (Å²) in [6.45, 7) is 2.25. The van der Waals surface area contributed by atoms with E-state index < -0.39 is 6.04 Å². The summed E-state index contributed by atoms with van der Waals surface area (Å²) in [6, 6.07) is 4.45. The fourth-order valence-corrected chi connectivity index (χ4v) is 4.32. The van der Waals surface area contributed by atoms with Crippen LogP contribution in [0.5, 0.6) is 11.5 Å². The van der Waals surface area contributed by atoms with Crippen LogP contribution < -0.4 is 4.74 Å². The average molecular weight is 357 g/mol. The molecule has 3 unspecified atom stereocenters. The largest absolute Gasteiger partial charge is 0.504 e. The van der Waals surface area contributed by atoms with E-state index in [0.717, 1.165) is 31.2 Å². The van der Waals surface area contributed by atoms with Gasteiger partial charge < -0.3 is 19.5 Å². The minimum absolute atomic E-state index is 0.0321. The van der Waals surface area contributed by atoms with Gasteiger partial charge in [0.2, 0.25) is 0 Å². The number of amides is 1. The second-order valence-electron chi connectivity index (χ2n) is 7.13. The van der Waals surface area contributed by atoms with Crippen molar-refractivity contribution in [1.29, 1.82) is 0 Å². The van der Waals surface area contributed by atoms with Gasteiger partial charge in [-0.15, -0.1) is 0 Å². The number of fused-ring (bicyclic) bond motifs is 1. The van der Waals surface area contributed by atoms with Gasteiger partial charge in [-0.05, 0) is 43.9 Å². The van der Waals surface area contributed by atoms with Crippen LogP contribution in [0.15, 0.2) is 29.5 Å². The Balaban J connectivity index is 1.77. The number of nitrogens with zero attached hydrogens (tertiary/aromatic N) is 1. The molecule has 2 heterocycles. The molecule has 0 radical (unpaired) electrons. The lowest BCUT2D eigenvalue weighted by molar-refractivity contribution is -0.134. The number of aromatic hydroxyl groups is 1. The van der Waals surface area contributed by atoms with Crippen molar-refractivity contribution in [3.05, 3.63) is 35.1 Å². The molecule has 1 aliphatic carbocycles. The average Bonchev–Trinajstić information content (AvgIpc) is 2.89. The first-order valence-corrected chi connectivity index (χ1v) is 9.20. The Bertz CT molecular complexity index is 799. The molecule has 0 spiro atoms. The summed E-state index contributed by atoms with van der Waals surface area (Å²) in [5, 5.41) is 9.96. The summed E-state index contributed by atoms with van der Waals surface area (Å²) < 4.78 is 11.5. The van der Waals surface area contributed by atoms with Gasteiger partial charge in [0, 0.05) is 7.05 Å². The number of phenols is 1. The van der Waals surface area contributed by atoms with E-state index in [4.69, 9.17) is 9.47 Å². The van der Waals surface area contributed by atoms with Crippen molar-refractivity contribution in [1.82, 2.24) is 4.90 Å². The summed E-state index contributed by atoms with van der Waals surface area (Å²) >= 11 is 0. The van der Waals surface area contributed by atoms with E-state index in [1.54, 1.807) is 24.1 Å². The van der Waals surface area contributed by atoms with Gasteiger partial charge in [0.15, 0.2) is 23.0 Å². The molecule has 3 aliphatic rings. The number of carbonyl (C=O) groups is 2. The lowest BCUT2D eigenvalue weighted by Crippen LogP contribution is -2.39. The SMILES string of the molecule is CCOc1cc(C2C3=C(OC4CCCCC4C3=O)C(=O)N2C)ccc1O. The summed E-state index contributed by atoms with van der Waals surface area (Å²) in [6.07, 6.45) is 3.50. The predicted octanol–water partition coefficient (Wildman–Crippen LogP) is 2.72. The van der Waals surface area contributed by atoms with Crippen LogP contribution in [0.2, 0.25) is 0 Å². The number of ether oxygens (including phenoxy) is 2. The van der Waals surface area contributed by atoms with Crippen LogP contribution in [0.3, 0.4) is 0 Å². The van der Waals surface area contributed by atoms with Gasteiger partial charge in [-0.2, -0.15) is 0 Å². The molecule has 6 nitrogen and oxygen atoms in total. The zero-order valence-electron chi connectivity index (χ0n) is 15.0. The number of ketones is 1. The highest BCUT2D eigenvalue weighted by molar-refractivity contribution is 6.11. The molecule has 1 aromatic carbocycles. The van der Waals surface area contributed by atoms with Gasteiger partial charge >= 0.3 is 0 Å². The number of phenolic OH excluding ortho intramolecular Hbond substituents is 1. The second kappa shape index (κ2) is 6.34. The fourth-order valence-electron chi connectivity index (χ4n) is 4.32. The van der Waals surface area contributed by atoms with Crippen LogP contribution in [-0.2, 0) is 14.3 Å². The Morgan fingerprint density at radius 2 is 2.04 bits per heavy atom. The molecule has 1 fully saturated rings. The molecular weight excluding hydrogens is 334 g/mol. The molecule has 0 saturated heterocycles. The first-order valence-electron chi connectivity index (χ1n) is 9.20. The third kappa shape index (κ3) is 2.47. The third-order valence-corrected chi connectivity index (χ3v) is 5.59. The molecule has 6 heteroatoms. The maximum Gasteiger partial charge on any atom is 0.289 e. The Morgan fingerprint density at radius 3 is 2.81 bits per heavy atom. The van der Waals surface area contributed by atoms with Crippen molar-refractivity contribution in [2.75, 3.05) is 13.7 Å². The standard InChI is InChI=1S/C20H23NO5/c1-3-25-15-10-11(8-9-13(15)22)17-16-18(23)12-6-4-5-7-14(12)26-19(16)20(24)21(17)2/h8-10,12,14,17,22H,3-7H2,1-2H3. The summed E-state index contributed by atoms with van der Waals surface area (Å²) in [4.78, 5) is 27.5. The molecule has 1 amide bonds. The Labute approximate surface area is 152 Å². The fraction of sp³-hybridized carbons (Fsp3) is 0.500. The minimum Gasteiger partial charge on any atom is -0.504 e. The van der Waals surface area contributed by atoms with Gasteiger partial charge in [-0.3, -0.25) is 9.59 Å². The van der Waals surface area contributed by atoms with Crippen molar-refractivity contribution in [3.8, 4) is 11.5 Å². The summed E-state index contributed by atoms with van der Waals surface area (Å²) in [5.74, 6) is 0.206. The van der Waals surface area contributed by atoms with Gasteiger partial charge in [-0.1, -0.05) is 12.5 Å². The first-order chi connectivity index (χ1) is 12.5. The van der Waals surface area contributed by atoms with Crippen LogP contribution >= 0.6 is 0 Å². The Morgan fingerprint density at radius 1 is 1.27 bits per heavy atom. The number of carbonyl (C=O) groups excluding carboxylic acids is 2. The highest BCUT2D eigenvalue weighted by Crippen LogP contribution is 2.47. The highest BCUT2D eigenvalue weighted by Gasteiger charge is 2.50. The summed E-state index contributed by atoms with van der Waals surface area (Å²) in [7, 11) is 1.68. The molecular formula is C20H23NO5. The van der Waals surface area contributed by atoms with Crippen LogP contribution in [0.25, 0.3) is 0 Å². The quantitative estimate of drug-likeness (QED) is 0.900. The monoisotopic (exact) mass is 357 g/mol. The number of benzene rings is 1. The van der Waals surface area contributed by atoms with Gasteiger partial charge in [0.1, 0.15) is 6.10 Å². The molecule has 2 aliphatic heterocycles. The Hall–Kier alpha value is -2.50. The van der Waals surface area contributed by atoms with E-state index in [-0.39, 0.29) is 35.2 Å². The third-order valence-electron chi connectivity index (χ3n) is 5.59. The van der Waals surface area contributed by atoms with Crippen molar-refractivity contribution in [3.63, 3.8) is 0 Å². The van der Waals surface area contributed by atoms with Gasteiger partial charge in [0.25, 0.3) is 5.91 Å². The number of likely N-dealkylation sites (N-methyl/N-ethyl adjacent to an activating group) is 1. The van der Waals surface area contributed by atoms with E-state index in [2.05, 4.69) is 0 Å². The number of rotatable bonds is 3. The molecule has 4 rings (SSSR count). The van der Waals surface area contributed by atoms with E-state index in [1.807, 2.05) is 6.92 Å². The normalized spacial score (nSPS) is 27.9. The molecule has 0 bridgehead atoms. The first kappa shape index (κ1) is 16.9. The molecule has 1 aromatic rings. The van der Waals surface area contributed by atoms with E-state index in [0.29, 0.717) is 17.9 Å². The molecule has 0 aromatic heterocycles. The maximum atomic E-state index is 13.2. The van der Waals surface area contributed by atoms with Crippen LogP contribution in [0.1, 0.15) is 44.2 Å².